The van der Waals surface area contributed by atoms with Crippen molar-refractivity contribution in [2.24, 2.45) is 5.73 Å². The highest BCUT2D eigenvalue weighted by Crippen LogP contribution is 2.13. The van der Waals surface area contributed by atoms with E-state index in [1.807, 2.05) is 12.1 Å². The molecule has 0 aromatic carbocycles. The molecule has 2 aromatic rings. The maximum Gasteiger partial charge on any atom is 0.124 e. The molecule has 88 valence electrons. The summed E-state index contributed by atoms with van der Waals surface area (Å²) < 4.78 is 0. The summed E-state index contributed by atoms with van der Waals surface area (Å²) in [6.07, 6.45) is 2.68. The Kier molecular flexibility index (Phi) is 4.06. The van der Waals surface area contributed by atoms with Gasteiger partial charge in [-0.1, -0.05) is 18.3 Å². The number of hydrogen-bond acceptors (Lipinski definition) is 4. The van der Waals surface area contributed by atoms with Gasteiger partial charge in [-0.2, -0.15) is 0 Å². The van der Waals surface area contributed by atoms with Crippen LogP contribution in [-0.2, 0) is 6.42 Å². The number of hydrogen-bond donors (Lipinski definition) is 2. The van der Waals surface area contributed by atoms with Crippen LogP contribution in [0.15, 0.2) is 35.8 Å². The van der Waals surface area contributed by atoms with Crippen molar-refractivity contribution in [3.8, 4) is 0 Å². The Labute approximate surface area is 110 Å². The van der Waals surface area contributed by atoms with E-state index >= 15 is 0 Å². The maximum absolute atomic E-state index is 5.61. The van der Waals surface area contributed by atoms with Gasteiger partial charge in [-0.05, 0) is 30.0 Å². The van der Waals surface area contributed by atoms with Crippen LogP contribution < -0.4 is 11.1 Å². The summed E-state index contributed by atoms with van der Waals surface area (Å²) in [5, 5.41) is 5.39. The third kappa shape index (κ3) is 3.25. The van der Waals surface area contributed by atoms with Crippen LogP contribution in [0.5, 0.6) is 0 Å². The topological polar surface area (TPSA) is 50.9 Å². The lowest BCUT2D eigenvalue weighted by Crippen LogP contribution is -2.16. The minimum atomic E-state index is 0.323. The average molecular weight is 263 g/mol. The fourth-order valence-corrected chi connectivity index (χ4v) is 2.39. The Morgan fingerprint density at radius 3 is 3.00 bits per heavy atom. The fourth-order valence-electron chi connectivity index (χ4n) is 1.52. The molecule has 0 saturated carbocycles. The molecule has 2 heterocycles. The second-order valence-corrected chi connectivity index (χ2v) is 4.99. The molecule has 0 atom stereocenters. The van der Waals surface area contributed by atoms with E-state index in [1.165, 1.54) is 4.88 Å². The number of aromatic nitrogens is 1. The maximum atomic E-state index is 5.61. The SMILES string of the molecule is NC(=S)c1ncccc1NCCc1cccs1. The second-order valence-electron chi connectivity index (χ2n) is 3.52. The molecule has 3 nitrogen and oxygen atoms in total. The lowest BCUT2D eigenvalue weighted by atomic mass is 10.2. The minimum Gasteiger partial charge on any atom is -0.388 e. The Morgan fingerprint density at radius 2 is 2.29 bits per heavy atom. The van der Waals surface area contributed by atoms with Crippen molar-refractivity contribution >= 4 is 34.2 Å². The zero-order valence-corrected chi connectivity index (χ0v) is 10.9. The van der Waals surface area contributed by atoms with Gasteiger partial charge in [-0.15, -0.1) is 11.3 Å². The van der Waals surface area contributed by atoms with E-state index in [0.29, 0.717) is 10.7 Å². The summed E-state index contributed by atoms with van der Waals surface area (Å²) in [6.45, 7) is 0.849. The van der Waals surface area contributed by atoms with Crippen molar-refractivity contribution in [1.29, 1.82) is 0 Å². The molecule has 2 rings (SSSR count). The number of thiocarbonyl (C=S) groups is 1. The number of rotatable bonds is 5. The standard InChI is InChI=1S/C12H13N3S2/c13-12(16)11-10(4-1-6-15-11)14-7-5-9-3-2-8-17-9/h1-4,6,8,14H,5,7H2,(H2,13,16). The molecule has 0 bridgehead atoms. The van der Waals surface area contributed by atoms with Gasteiger partial charge in [0.1, 0.15) is 10.7 Å². The van der Waals surface area contributed by atoms with Crippen molar-refractivity contribution in [3.05, 3.63) is 46.4 Å². The van der Waals surface area contributed by atoms with E-state index in [1.54, 1.807) is 17.5 Å². The summed E-state index contributed by atoms with van der Waals surface area (Å²) in [5.74, 6) is 0. The quantitative estimate of drug-likeness (QED) is 0.814. The molecular formula is C12H13N3S2. The van der Waals surface area contributed by atoms with Gasteiger partial charge in [0.15, 0.2) is 0 Å². The van der Waals surface area contributed by atoms with Crippen LogP contribution in [-0.4, -0.2) is 16.5 Å². The monoisotopic (exact) mass is 263 g/mol. The fraction of sp³-hybridized carbons (Fsp3) is 0.167. The van der Waals surface area contributed by atoms with Crippen LogP contribution in [0.4, 0.5) is 5.69 Å². The molecule has 0 aliphatic carbocycles. The smallest absolute Gasteiger partial charge is 0.124 e. The highest BCUT2D eigenvalue weighted by Gasteiger charge is 2.05. The predicted octanol–water partition coefficient (Wildman–Crippen LogP) is 2.43. The summed E-state index contributed by atoms with van der Waals surface area (Å²) in [4.78, 5) is 5.85. The third-order valence-electron chi connectivity index (χ3n) is 2.31. The van der Waals surface area contributed by atoms with Gasteiger partial charge in [-0.25, -0.2) is 0 Å². The number of nitrogens with one attached hydrogen (secondary N) is 1. The molecule has 17 heavy (non-hydrogen) atoms. The number of pyridine rings is 1. The van der Waals surface area contributed by atoms with Crippen LogP contribution in [0.2, 0.25) is 0 Å². The van der Waals surface area contributed by atoms with Crippen molar-refractivity contribution in [2.75, 3.05) is 11.9 Å². The molecule has 0 radical (unpaired) electrons. The normalized spacial score (nSPS) is 10.1. The number of nitrogens with zero attached hydrogens (tertiary/aromatic N) is 1. The Morgan fingerprint density at radius 1 is 1.41 bits per heavy atom. The van der Waals surface area contributed by atoms with Crippen LogP contribution >= 0.6 is 23.6 Å². The summed E-state index contributed by atoms with van der Waals surface area (Å²) in [5.41, 5.74) is 7.17. The molecule has 2 aromatic heterocycles. The van der Waals surface area contributed by atoms with E-state index in [9.17, 15) is 0 Å². The highest BCUT2D eigenvalue weighted by molar-refractivity contribution is 7.80. The Balaban J connectivity index is 1.97. The van der Waals surface area contributed by atoms with Crippen molar-refractivity contribution in [2.45, 2.75) is 6.42 Å². The molecule has 0 spiro atoms. The van der Waals surface area contributed by atoms with Crippen LogP contribution in [0, 0.1) is 0 Å². The first-order valence-corrected chi connectivity index (χ1v) is 6.57. The lowest BCUT2D eigenvalue weighted by molar-refractivity contribution is 1.04. The van der Waals surface area contributed by atoms with Gasteiger partial charge < -0.3 is 11.1 Å². The summed E-state index contributed by atoms with van der Waals surface area (Å²) >= 11 is 6.72. The predicted molar refractivity (Wildman–Crippen MR) is 76.6 cm³/mol. The Hall–Kier alpha value is -1.46. The molecule has 0 unspecified atom stereocenters. The molecule has 5 heteroatoms. The van der Waals surface area contributed by atoms with Crippen LogP contribution in [0.1, 0.15) is 10.6 Å². The zero-order valence-electron chi connectivity index (χ0n) is 9.22. The zero-order chi connectivity index (χ0) is 12.1. The molecule has 0 aliphatic rings. The number of anilines is 1. The van der Waals surface area contributed by atoms with E-state index in [2.05, 4.69) is 27.8 Å². The molecule has 0 fully saturated rings. The minimum absolute atomic E-state index is 0.323. The summed E-state index contributed by atoms with van der Waals surface area (Å²) in [7, 11) is 0. The van der Waals surface area contributed by atoms with Gasteiger partial charge in [0.05, 0.1) is 5.69 Å². The first kappa shape index (κ1) is 12.0. The van der Waals surface area contributed by atoms with Gasteiger partial charge in [0, 0.05) is 17.6 Å². The van der Waals surface area contributed by atoms with Gasteiger partial charge in [0.25, 0.3) is 0 Å². The van der Waals surface area contributed by atoms with E-state index in [-0.39, 0.29) is 0 Å². The van der Waals surface area contributed by atoms with Gasteiger partial charge >= 0.3 is 0 Å². The molecular weight excluding hydrogens is 250 g/mol. The molecule has 0 saturated heterocycles. The first-order chi connectivity index (χ1) is 8.27. The Bertz CT molecular complexity index is 494. The second kappa shape index (κ2) is 5.75. The van der Waals surface area contributed by atoms with Gasteiger partial charge in [-0.3, -0.25) is 4.98 Å². The number of nitrogens with two attached hydrogens (primary N) is 1. The molecule has 0 amide bonds. The third-order valence-corrected chi connectivity index (χ3v) is 3.44. The lowest BCUT2D eigenvalue weighted by Gasteiger charge is -2.09. The first-order valence-electron chi connectivity index (χ1n) is 5.28. The molecule has 3 N–H and O–H groups in total. The van der Waals surface area contributed by atoms with E-state index in [4.69, 9.17) is 18.0 Å². The van der Waals surface area contributed by atoms with E-state index < -0.39 is 0 Å². The van der Waals surface area contributed by atoms with Crippen LogP contribution in [0.3, 0.4) is 0 Å². The molecule has 0 aliphatic heterocycles. The average Bonchev–Trinajstić information content (AvgIpc) is 2.82. The van der Waals surface area contributed by atoms with Crippen molar-refractivity contribution in [3.63, 3.8) is 0 Å². The largest absolute Gasteiger partial charge is 0.388 e. The highest BCUT2D eigenvalue weighted by atomic mass is 32.1. The summed E-state index contributed by atoms with van der Waals surface area (Å²) in [6, 6.07) is 8.00. The van der Waals surface area contributed by atoms with Crippen LogP contribution in [0.25, 0.3) is 0 Å². The number of thiophene rings is 1. The van der Waals surface area contributed by atoms with Gasteiger partial charge in [0.2, 0.25) is 0 Å². The van der Waals surface area contributed by atoms with E-state index in [0.717, 1.165) is 18.7 Å². The van der Waals surface area contributed by atoms with Crippen molar-refractivity contribution < 1.29 is 0 Å². The van der Waals surface area contributed by atoms with Crippen molar-refractivity contribution in [1.82, 2.24) is 4.98 Å².